The molecule has 0 aliphatic rings. The molecular formula is C12H16N2O3. The summed E-state index contributed by atoms with van der Waals surface area (Å²) in [5, 5.41) is 2.59. The maximum absolute atomic E-state index is 11.3. The van der Waals surface area contributed by atoms with Crippen LogP contribution in [0.25, 0.3) is 0 Å². The van der Waals surface area contributed by atoms with E-state index in [1.165, 1.54) is 11.8 Å². The molecule has 0 unspecified atom stereocenters. The Morgan fingerprint density at radius 3 is 2.59 bits per heavy atom. The Hall–Kier alpha value is -2.04. The molecule has 1 rings (SSSR count). The molecule has 0 aromatic heterocycles. The van der Waals surface area contributed by atoms with Crippen LogP contribution in [-0.4, -0.2) is 25.7 Å². The second kappa shape index (κ2) is 5.89. The van der Waals surface area contributed by atoms with Crippen molar-refractivity contribution < 1.29 is 14.3 Å². The highest BCUT2D eigenvalue weighted by Crippen LogP contribution is 2.24. The second-order valence-electron chi connectivity index (χ2n) is 3.44. The number of rotatable bonds is 3. The van der Waals surface area contributed by atoms with Gasteiger partial charge in [-0.05, 0) is 19.1 Å². The van der Waals surface area contributed by atoms with E-state index in [1.54, 1.807) is 38.2 Å². The molecule has 0 saturated carbocycles. The fourth-order valence-electron chi connectivity index (χ4n) is 1.32. The van der Waals surface area contributed by atoms with Crippen LogP contribution in [0.15, 0.2) is 24.3 Å². The van der Waals surface area contributed by atoms with E-state index < -0.39 is 6.09 Å². The Balaban J connectivity index is 2.92. The molecule has 2 amide bonds. The van der Waals surface area contributed by atoms with E-state index >= 15 is 0 Å². The SMILES string of the molecule is CCOC(=O)Nc1ccccc1N(C)C(C)=O. The lowest BCUT2D eigenvalue weighted by atomic mass is 10.2. The van der Waals surface area contributed by atoms with Crippen LogP contribution < -0.4 is 10.2 Å². The average molecular weight is 236 g/mol. The number of carbonyl (C=O) groups excluding carboxylic acids is 2. The number of anilines is 2. The number of para-hydroxylation sites is 2. The molecule has 0 fully saturated rings. The molecule has 0 heterocycles. The Bertz CT molecular complexity index is 418. The fraction of sp³-hybridized carbons (Fsp3) is 0.333. The summed E-state index contributed by atoms with van der Waals surface area (Å²) in [7, 11) is 1.65. The molecule has 5 heteroatoms. The highest BCUT2D eigenvalue weighted by molar-refractivity contribution is 5.98. The Kier molecular flexibility index (Phi) is 4.51. The van der Waals surface area contributed by atoms with E-state index in [-0.39, 0.29) is 5.91 Å². The van der Waals surface area contributed by atoms with Gasteiger partial charge in [0.05, 0.1) is 18.0 Å². The molecule has 1 aromatic rings. The van der Waals surface area contributed by atoms with Gasteiger partial charge in [0.2, 0.25) is 5.91 Å². The minimum absolute atomic E-state index is 0.108. The Morgan fingerprint density at radius 1 is 1.35 bits per heavy atom. The fourth-order valence-corrected chi connectivity index (χ4v) is 1.32. The normalized spacial score (nSPS) is 9.59. The van der Waals surface area contributed by atoms with Crippen LogP contribution in [0.2, 0.25) is 0 Å². The quantitative estimate of drug-likeness (QED) is 0.875. The number of nitrogens with zero attached hydrogens (tertiary/aromatic N) is 1. The number of hydrogen-bond donors (Lipinski definition) is 1. The van der Waals surface area contributed by atoms with E-state index in [9.17, 15) is 9.59 Å². The topological polar surface area (TPSA) is 58.6 Å². The first-order valence-electron chi connectivity index (χ1n) is 5.33. The summed E-state index contributed by atoms with van der Waals surface area (Å²) in [6.45, 7) is 3.49. The molecule has 92 valence electrons. The van der Waals surface area contributed by atoms with Gasteiger partial charge >= 0.3 is 6.09 Å². The zero-order chi connectivity index (χ0) is 12.8. The number of hydrogen-bond acceptors (Lipinski definition) is 3. The van der Waals surface area contributed by atoms with Crippen LogP contribution in [-0.2, 0) is 9.53 Å². The third-order valence-corrected chi connectivity index (χ3v) is 2.25. The van der Waals surface area contributed by atoms with Crippen molar-refractivity contribution in [1.29, 1.82) is 0 Å². The van der Waals surface area contributed by atoms with Crippen LogP contribution in [0.3, 0.4) is 0 Å². The van der Waals surface area contributed by atoms with Crippen molar-refractivity contribution in [2.24, 2.45) is 0 Å². The molecule has 0 bridgehead atoms. The minimum Gasteiger partial charge on any atom is -0.450 e. The van der Waals surface area contributed by atoms with Crippen LogP contribution in [0.5, 0.6) is 0 Å². The van der Waals surface area contributed by atoms with Gasteiger partial charge in [-0.15, -0.1) is 0 Å². The van der Waals surface area contributed by atoms with Crippen LogP contribution in [0, 0.1) is 0 Å². The van der Waals surface area contributed by atoms with E-state index in [0.29, 0.717) is 18.0 Å². The highest BCUT2D eigenvalue weighted by atomic mass is 16.5. The van der Waals surface area contributed by atoms with Gasteiger partial charge in [-0.1, -0.05) is 12.1 Å². The first kappa shape index (κ1) is 13.0. The summed E-state index contributed by atoms with van der Waals surface area (Å²) in [6.07, 6.45) is -0.531. The van der Waals surface area contributed by atoms with Crippen molar-refractivity contribution in [3.8, 4) is 0 Å². The number of ether oxygens (including phenoxy) is 1. The summed E-state index contributed by atoms with van der Waals surface area (Å²) in [5.74, 6) is -0.108. The maximum Gasteiger partial charge on any atom is 0.411 e. The number of benzene rings is 1. The van der Waals surface area contributed by atoms with Gasteiger partial charge < -0.3 is 9.64 Å². The van der Waals surface area contributed by atoms with Crippen LogP contribution >= 0.6 is 0 Å². The third-order valence-electron chi connectivity index (χ3n) is 2.25. The summed E-state index contributed by atoms with van der Waals surface area (Å²) < 4.78 is 4.79. The monoisotopic (exact) mass is 236 g/mol. The molecule has 0 aliphatic heterocycles. The lowest BCUT2D eigenvalue weighted by molar-refractivity contribution is -0.116. The first-order chi connectivity index (χ1) is 8.06. The minimum atomic E-state index is -0.531. The average Bonchev–Trinajstić information content (AvgIpc) is 2.29. The molecule has 1 N–H and O–H groups in total. The first-order valence-corrected chi connectivity index (χ1v) is 5.33. The van der Waals surface area contributed by atoms with Crippen molar-refractivity contribution in [3.05, 3.63) is 24.3 Å². The molecule has 0 spiro atoms. The third kappa shape index (κ3) is 3.48. The molecule has 17 heavy (non-hydrogen) atoms. The van der Waals surface area contributed by atoms with Gasteiger partial charge in [0.1, 0.15) is 0 Å². The molecular weight excluding hydrogens is 220 g/mol. The zero-order valence-corrected chi connectivity index (χ0v) is 10.2. The van der Waals surface area contributed by atoms with Gasteiger partial charge in [0.25, 0.3) is 0 Å². The molecule has 0 aliphatic carbocycles. The summed E-state index contributed by atoms with van der Waals surface area (Å²) in [5.41, 5.74) is 1.18. The van der Waals surface area contributed by atoms with Crippen molar-refractivity contribution in [3.63, 3.8) is 0 Å². The predicted molar refractivity (Wildman–Crippen MR) is 66.2 cm³/mol. The molecule has 5 nitrogen and oxygen atoms in total. The van der Waals surface area contributed by atoms with Crippen molar-refractivity contribution in [2.45, 2.75) is 13.8 Å². The van der Waals surface area contributed by atoms with Crippen molar-refractivity contribution in [1.82, 2.24) is 0 Å². The van der Waals surface area contributed by atoms with E-state index in [1.807, 2.05) is 0 Å². The molecule has 0 atom stereocenters. The van der Waals surface area contributed by atoms with Gasteiger partial charge in [-0.3, -0.25) is 10.1 Å². The van der Waals surface area contributed by atoms with Gasteiger partial charge in [-0.2, -0.15) is 0 Å². The van der Waals surface area contributed by atoms with Crippen LogP contribution in [0.4, 0.5) is 16.2 Å². The Labute approximate surface area is 100 Å². The molecule has 0 radical (unpaired) electrons. The number of nitrogens with one attached hydrogen (secondary N) is 1. The molecule has 1 aromatic carbocycles. The predicted octanol–water partition coefficient (Wildman–Crippen LogP) is 2.24. The van der Waals surface area contributed by atoms with Gasteiger partial charge in [0.15, 0.2) is 0 Å². The highest BCUT2D eigenvalue weighted by Gasteiger charge is 2.12. The smallest absolute Gasteiger partial charge is 0.411 e. The lowest BCUT2D eigenvalue weighted by Gasteiger charge is -2.19. The van der Waals surface area contributed by atoms with Gasteiger partial charge in [-0.25, -0.2) is 4.79 Å². The lowest BCUT2D eigenvalue weighted by Crippen LogP contribution is -2.25. The molecule has 0 saturated heterocycles. The van der Waals surface area contributed by atoms with Crippen LogP contribution in [0.1, 0.15) is 13.8 Å². The van der Waals surface area contributed by atoms with Gasteiger partial charge in [0, 0.05) is 14.0 Å². The van der Waals surface area contributed by atoms with E-state index in [0.717, 1.165) is 0 Å². The second-order valence-corrected chi connectivity index (χ2v) is 3.44. The maximum atomic E-state index is 11.3. The Morgan fingerprint density at radius 2 is 2.00 bits per heavy atom. The largest absolute Gasteiger partial charge is 0.450 e. The van der Waals surface area contributed by atoms with Crippen molar-refractivity contribution >= 4 is 23.4 Å². The summed E-state index contributed by atoms with van der Waals surface area (Å²) in [4.78, 5) is 24.1. The summed E-state index contributed by atoms with van der Waals surface area (Å²) in [6, 6.07) is 7.04. The number of carbonyl (C=O) groups is 2. The zero-order valence-electron chi connectivity index (χ0n) is 10.2. The standard InChI is InChI=1S/C12H16N2O3/c1-4-17-12(16)13-10-7-5-6-8-11(10)14(3)9(2)15/h5-8H,4H2,1-3H3,(H,13,16). The van der Waals surface area contributed by atoms with Crippen molar-refractivity contribution in [2.75, 3.05) is 23.9 Å². The summed E-state index contributed by atoms with van der Waals surface area (Å²) >= 11 is 0. The van der Waals surface area contributed by atoms with E-state index in [2.05, 4.69) is 5.32 Å². The van der Waals surface area contributed by atoms with E-state index in [4.69, 9.17) is 4.74 Å². The number of amides is 2.